The highest BCUT2D eigenvalue weighted by atomic mass is 32.2. The molecular weight excluding hydrogens is 448 g/mol. The standard InChI is InChI=1S/C27H26N2O4S/c1-19-7-11-23(12-8-19)33-15-16-34-27-28-25(17-20-9-13-22(31-2)14-10-20)26(30)29(27)21-5-4-6-24(18-21)32-3/h4-14,17-18H,15-16H2,1-3H3. The van der Waals surface area contributed by atoms with Crippen LogP contribution >= 0.6 is 11.8 Å². The van der Waals surface area contributed by atoms with Crippen LogP contribution in [-0.4, -0.2) is 37.7 Å². The number of nitrogens with zero attached hydrogens (tertiary/aromatic N) is 2. The maximum atomic E-state index is 13.4. The van der Waals surface area contributed by atoms with Crippen LogP contribution in [0.4, 0.5) is 5.69 Å². The average Bonchev–Trinajstić information content (AvgIpc) is 3.18. The summed E-state index contributed by atoms with van der Waals surface area (Å²) < 4.78 is 16.4. The third kappa shape index (κ3) is 5.61. The molecular formula is C27H26N2O4S. The third-order valence-electron chi connectivity index (χ3n) is 5.16. The van der Waals surface area contributed by atoms with Gasteiger partial charge in [-0.15, -0.1) is 0 Å². The highest BCUT2D eigenvalue weighted by molar-refractivity contribution is 8.14. The Balaban J connectivity index is 1.54. The molecule has 0 bridgehead atoms. The highest BCUT2D eigenvalue weighted by Crippen LogP contribution is 2.31. The van der Waals surface area contributed by atoms with Crippen molar-refractivity contribution >= 4 is 34.6 Å². The van der Waals surface area contributed by atoms with Gasteiger partial charge < -0.3 is 14.2 Å². The van der Waals surface area contributed by atoms with Crippen LogP contribution in [0.25, 0.3) is 6.08 Å². The van der Waals surface area contributed by atoms with Gasteiger partial charge in [-0.25, -0.2) is 4.99 Å². The molecule has 1 heterocycles. The Morgan fingerprint density at radius 1 is 0.912 bits per heavy atom. The number of hydrogen-bond donors (Lipinski definition) is 0. The lowest BCUT2D eigenvalue weighted by Gasteiger charge is -2.18. The molecule has 0 unspecified atom stereocenters. The van der Waals surface area contributed by atoms with Crippen molar-refractivity contribution in [2.75, 3.05) is 31.5 Å². The van der Waals surface area contributed by atoms with Gasteiger partial charge >= 0.3 is 0 Å². The molecule has 1 amide bonds. The van der Waals surface area contributed by atoms with Crippen molar-refractivity contribution in [1.29, 1.82) is 0 Å². The number of carbonyl (C=O) groups is 1. The third-order valence-corrected chi connectivity index (χ3v) is 6.07. The zero-order valence-electron chi connectivity index (χ0n) is 19.4. The first-order valence-corrected chi connectivity index (χ1v) is 11.8. The normalized spacial score (nSPS) is 14.3. The summed E-state index contributed by atoms with van der Waals surface area (Å²) >= 11 is 1.48. The molecule has 0 fully saturated rings. The minimum atomic E-state index is -0.189. The lowest BCUT2D eigenvalue weighted by Crippen LogP contribution is -2.30. The molecule has 0 aromatic heterocycles. The van der Waals surface area contributed by atoms with E-state index in [1.165, 1.54) is 17.3 Å². The van der Waals surface area contributed by atoms with Crippen molar-refractivity contribution in [3.8, 4) is 17.2 Å². The maximum absolute atomic E-state index is 13.4. The van der Waals surface area contributed by atoms with E-state index >= 15 is 0 Å². The molecule has 4 rings (SSSR count). The number of amidine groups is 1. The Hall–Kier alpha value is -3.71. The van der Waals surface area contributed by atoms with E-state index in [4.69, 9.17) is 14.2 Å². The minimum Gasteiger partial charge on any atom is -0.497 e. The second kappa shape index (κ2) is 10.9. The number of methoxy groups -OCH3 is 2. The summed E-state index contributed by atoms with van der Waals surface area (Å²) in [5.74, 6) is 2.69. The quantitative estimate of drug-likeness (QED) is 0.316. The molecule has 0 aliphatic carbocycles. The number of rotatable bonds is 8. The molecule has 1 aliphatic heterocycles. The largest absolute Gasteiger partial charge is 0.497 e. The Labute approximate surface area is 203 Å². The second-order valence-electron chi connectivity index (χ2n) is 7.55. The predicted octanol–water partition coefficient (Wildman–Crippen LogP) is 5.57. The monoisotopic (exact) mass is 474 g/mol. The van der Waals surface area contributed by atoms with Crippen LogP contribution in [0.1, 0.15) is 11.1 Å². The number of anilines is 1. The summed E-state index contributed by atoms with van der Waals surface area (Å²) in [6.07, 6.45) is 1.78. The number of aliphatic imine (C=N–C) groups is 1. The van der Waals surface area contributed by atoms with Crippen molar-refractivity contribution < 1.29 is 19.0 Å². The van der Waals surface area contributed by atoms with Gasteiger partial charge in [-0.1, -0.05) is 47.7 Å². The molecule has 6 nitrogen and oxygen atoms in total. The predicted molar refractivity (Wildman–Crippen MR) is 138 cm³/mol. The number of benzene rings is 3. The summed E-state index contributed by atoms with van der Waals surface area (Å²) in [4.78, 5) is 19.6. The Bertz CT molecular complexity index is 1200. The van der Waals surface area contributed by atoms with E-state index < -0.39 is 0 Å². The summed E-state index contributed by atoms with van der Waals surface area (Å²) in [7, 11) is 3.22. The average molecular weight is 475 g/mol. The van der Waals surface area contributed by atoms with Crippen molar-refractivity contribution in [2.45, 2.75) is 6.92 Å². The first-order chi connectivity index (χ1) is 16.6. The van der Waals surface area contributed by atoms with Crippen LogP contribution in [0.15, 0.2) is 83.5 Å². The Morgan fingerprint density at radius 2 is 1.62 bits per heavy atom. The Kier molecular flexibility index (Phi) is 7.54. The number of thioether (sulfide) groups is 1. The van der Waals surface area contributed by atoms with Crippen LogP contribution in [0.5, 0.6) is 17.2 Å². The van der Waals surface area contributed by atoms with Gasteiger partial charge in [0.1, 0.15) is 22.9 Å². The molecule has 0 radical (unpaired) electrons. The van der Waals surface area contributed by atoms with E-state index in [0.29, 0.717) is 34.7 Å². The fraction of sp³-hybridized carbons (Fsp3) is 0.185. The molecule has 0 saturated carbocycles. The first-order valence-electron chi connectivity index (χ1n) is 10.8. The van der Waals surface area contributed by atoms with E-state index in [9.17, 15) is 4.79 Å². The molecule has 34 heavy (non-hydrogen) atoms. The van der Waals surface area contributed by atoms with E-state index in [2.05, 4.69) is 4.99 Å². The van der Waals surface area contributed by atoms with Gasteiger partial charge in [0.05, 0.1) is 26.5 Å². The SMILES string of the molecule is COc1ccc(C=C2N=C(SCCOc3ccc(C)cc3)N(c3cccc(OC)c3)C2=O)cc1. The molecule has 1 aliphatic rings. The lowest BCUT2D eigenvalue weighted by molar-refractivity contribution is -0.113. The maximum Gasteiger partial charge on any atom is 0.283 e. The molecule has 3 aromatic carbocycles. The van der Waals surface area contributed by atoms with Gasteiger partial charge in [0.15, 0.2) is 5.17 Å². The lowest BCUT2D eigenvalue weighted by atomic mass is 10.2. The zero-order chi connectivity index (χ0) is 23.9. The van der Waals surface area contributed by atoms with Crippen molar-refractivity contribution in [3.63, 3.8) is 0 Å². The molecule has 0 N–H and O–H groups in total. The summed E-state index contributed by atoms with van der Waals surface area (Å²) in [6.45, 7) is 2.53. The molecule has 0 atom stereocenters. The van der Waals surface area contributed by atoms with Crippen LogP contribution in [0, 0.1) is 6.92 Å². The molecule has 174 valence electrons. The first kappa shape index (κ1) is 23.4. The zero-order valence-corrected chi connectivity index (χ0v) is 20.2. The van der Waals surface area contributed by atoms with Crippen LogP contribution < -0.4 is 19.1 Å². The number of aryl methyl sites for hydroxylation is 1. The second-order valence-corrected chi connectivity index (χ2v) is 8.61. The van der Waals surface area contributed by atoms with Gasteiger partial charge in [0.25, 0.3) is 5.91 Å². The molecule has 0 spiro atoms. The van der Waals surface area contributed by atoms with Crippen molar-refractivity contribution in [1.82, 2.24) is 0 Å². The summed E-state index contributed by atoms with van der Waals surface area (Å²) in [6, 6.07) is 22.8. The van der Waals surface area contributed by atoms with Crippen LogP contribution in [0.2, 0.25) is 0 Å². The van der Waals surface area contributed by atoms with Gasteiger partial charge in [-0.3, -0.25) is 9.69 Å². The van der Waals surface area contributed by atoms with Gasteiger partial charge in [0, 0.05) is 11.8 Å². The molecule has 0 saturated heterocycles. The van der Waals surface area contributed by atoms with Gasteiger partial charge in [0.2, 0.25) is 0 Å². The van der Waals surface area contributed by atoms with Crippen LogP contribution in [0.3, 0.4) is 0 Å². The molecule has 7 heteroatoms. The summed E-state index contributed by atoms with van der Waals surface area (Å²) in [5, 5.41) is 0.602. The van der Waals surface area contributed by atoms with Gasteiger partial charge in [-0.2, -0.15) is 0 Å². The smallest absolute Gasteiger partial charge is 0.283 e. The topological polar surface area (TPSA) is 60.4 Å². The number of ether oxygens (including phenoxy) is 3. The van der Waals surface area contributed by atoms with Gasteiger partial charge in [-0.05, 0) is 55.0 Å². The van der Waals surface area contributed by atoms with E-state index in [1.54, 1.807) is 25.2 Å². The van der Waals surface area contributed by atoms with Crippen molar-refractivity contribution in [3.05, 3.63) is 89.6 Å². The van der Waals surface area contributed by atoms with E-state index in [1.807, 2.05) is 79.7 Å². The Morgan fingerprint density at radius 3 is 2.32 bits per heavy atom. The van der Waals surface area contributed by atoms with E-state index in [0.717, 1.165) is 17.1 Å². The van der Waals surface area contributed by atoms with Crippen molar-refractivity contribution in [2.24, 2.45) is 4.99 Å². The number of carbonyl (C=O) groups excluding carboxylic acids is 1. The fourth-order valence-corrected chi connectivity index (χ4v) is 4.18. The highest BCUT2D eigenvalue weighted by Gasteiger charge is 2.32. The fourth-order valence-electron chi connectivity index (χ4n) is 3.36. The van der Waals surface area contributed by atoms with E-state index in [-0.39, 0.29) is 5.91 Å². The summed E-state index contributed by atoms with van der Waals surface area (Å²) in [5.41, 5.74) is 3.13. The number of amides is 1. The number of hydrogen-bond acceptors (Lipinski definition) is 6. The minimum absolute atomic E-state index is 0.189. The van der Waals surface area contributed by atoms with Crippen LogP contribution in [-0.2, 0) is 4.79 Å². The molecule has 3 aromatic rings.